The maximum absolute atomic E-state index is 12.0. The van der Waals surface area contributed by atoms with E-state index < -0.39 is 0 Å². The van der Waals surface area contributed by atoms with E-state index in [1.54, 1.807) is 31.2 Å². The molecule has 23 heavy (non-hydrogen) atoms. The van der Waals surface area contributed by atoms with E-state index in [1.807, 2.05) is 30.3 Å². The van der Waals surface area contributed by atoms with Crippen molar-refractivity contribution in [3.05, 3.63) is 59.6 Å². The van der Waals surface area contributed by atoms with Gasteiger partial charge in [-0.2, -0.15) is 0 Å². The number of thioether (sulfide) groups is 1. The fourth-order valence-corrected chi connectivity index (χ4v) is 2.58. The van der Waals surface area contributed by atoms with Crippen molar-refractivity contribution < 1.29 is 9.59 Å². The lowest BCUT2D eigenvalue weighted by atomic mass is 10.3. The van der Waals surface area contributed by atoms with E-state index in [0.717, 1.165) is 5.69 Å². The Hall–Kier alpha value is -1.98. The number of halogens is 1. The molecular formula is C17H17ClN2O2S. The number of hydrogen-bond acceptors (Lipinski definition) is 3. The second kappa shape index (κ2) is 8.60. The van der Waals surface area contributed by atoms with Crippen LogP contribution in [-0.4, -0.2) is 22.8 Å². The first-order valence-corrected chi connectivity index (χ1v) is 8.50. The molecule has 1 atom stereocenters. The molecule has 0 radical (unpaired) electrons. The highest BCUT2D eigenvalue weighted by atomic mass is 35.5. The fraction of sp³-hybridized carbons (Fsp3) is 0.176. The van der Waals surface area contributed by atoms with Crippen LogP contribution in [0.2, 0.25) is 5.02 Å². The summed E-state index contributed by atoms with van der Waals surface area (Å²) in [5, 5.41) is 5.87. The van der Waals surface area contributed by atoms with Crippen LogP contribution < -0.4 is 10.6 Å². The van der Waals surface area contributed by atoms with E-state index in [0.29, 0.717) is 10.7 Å². The molecule has 2 rings (SSSR count). The second-order valence-electron chi connectivity index (χ2n) is 4.86. The first-order chi connectivity index (χ1) is 11.0. The maximum Gasteiger partial charge on any atom is 0.237 e. The summed E-state index contributed by atoms with van der Waals surface area (Å²) in [5.74, 6) is -0.0800. The largest absolute Gasteiger partial charge is 0.325 e. The number of para-hydroxylation sites is 1. The van der Waals surface area contributed by atoms with Gasteiger partial charge in [0.15, 0.2) is 0 Å². The first kappa shape index (κ1) is 17.4. The van der Waals surface area contributed by atoms with Crippen molar-refractivity contribution in [2.24, 2.45) is 0 Å². The van der Waals surface area contributed by atoms with Gasteiger partial charge in [0.2, 0.25) is 11.8 Å². The van der Waals surface area contributed by atoms with Crippen molar-refractivity contribution in [3.8, 4) is 0 Å². The maximum atomic E-state index is 12.0. The number of rotatable bonds is 6. The van der Waals surface area contributed by atoms with E-state index in [1.165, 1.54) is 11.8 Å². The lowest BCUT2D eigenvalue weighted by Gasteiger charge is -2.12. The van der Waals surface area contributed by atoms with Crippen molar-refractivity contribution >= 4 is 46.6 Å². The number of anilines is 2. The van der Waals surface area contributed by atoms with E-state index in [2.05, 4.69) is 10.6 Å². The Morgan fingerprint density at radius 2 is 1.61 bits per heavy atom. The van der Waals surface area contributed by atoms with Crippen LogP contribution in [0.15, 0.2) is 54.6 Å². The number of amides is 2. The van der Waals surface area contributed by atoms with Gasteiger partial charge in [0, 0.05) is 16.4 Å². The minimum Gasteiger partial charge on any atom is -0.325 e. The second-order valence-corrected chi connectivity index (χ2v) is 6.63. The molecule has 2 aromatic carbocycles. The van der Waals surface area contributed by atoms with Gasteiger partial charge in [0.05, 0.1) is 11.0 Å². The number of carbonyl (C=O) groups is 2. The molecule has 0 aliphatic heterocycles. The van der Waals surface area contributed by atoms with Gasteiger partial charge >= 0.3 is 0 Å². The monoisotopic (exact) mass is 348 g/mol. The number of benzene rings is 2. The summed E-state index contributed by atoms with van der Waals surface area (Å²) >= 11 is 7.08. The summed E-state index contributed by atoms with van der Waals surface area (Å²) in [6, 6.07) is 16.1. The first-order valence-electron chi connectivity index (χ1n) is 7.07. The summed E-state index contributed by atoms with van der Waals surface area (Å²) in [6.45, 7) is 1.78. The van der Waals surface area contributed by atoms with Gasteiger partial charge in [-0.25, -0.2) is 0 Å². The normalized spacial score (nSPS) is 11.6. The molecule has 0 aliphatic carbocycles. The summed E-state index contributed by atoms with van der Waals surface area (Å²) in [7, 11) is 0. The highest BCUT2D eigenvalue weighted by Gasteiger charge is 2.15. The Bertz CT molecular complexity index is 662. The summed E-state index contributed by atoms with van der Waals surface area (Å²) < 4.78 is 0. The molecule has 0 spiro atoms. The predicted octanol–water partition coefficient (Wildman–Crippen LogP) is 4.04. The summed E-state index contributed by atoms with van der Waals surface area (Å²) in [6.07, 6.45) is 0. The summed E-state index contributed by atoms with van der Waals surface area (Å²) in [5.41, 5.74) is 1.43. The number of nitrogens with one attached hydrogen (secondary N) is 2. The van der Waals surface area contributed by atoms with Gasteiger partial charge in [0.25, 0.3) is 0 Å². The smallest absolute Gasteiger partial charge is 0.237 e. The SMILES string of the molecule is C[C@@H](SCC(=O)Nc1ccc(Cl)cc1)C(=O)Nc1ccccc1. The lowest BCUT2D eigenvalue weighted by Crippen LogP contribution is -2.25. The van der Waals surface area contributed by atoms with E-state index in [4.69, 9.17) is 11.6 Å². The molecule has 2 aromatic rings. The zero-order valence-corrected chi connectivity index (χ0v) is 14.2. The van der Waals surface area contributed by atoms with Gasteiger partial charge in [-0.1, -0.05) is 29.8 Å². The number of hydrogen-bond donors (Lipinski definition) is 2. The fourth-order valence-electron chi connectivity index (χ4n) is 1.77. The van der Waals surface area contributed by atoms with Gasteiger partial charge in [0.1, 0.15) is 0 Å². The van der Waals surface area contributed by atoms with Crippen molar-refractivity contribution in [2.45, 2.75) is 12.2 Å². The molecule has 0 bridgehead atoms. The zero-order valence-electron chi connectivity index (χ0n) is 12.6. The molecule has 0 saturated heterocycles. The Labute approximate surface area is 144 Å². The molecule has 2 amide bonds. The Morgan fingerprint density at radius 1 is 1.00 bits per heavy atom. The number of carbonyl (C=O) groups excluding carboxylic acids is 2. The third kappa shape index (κ3) is 5.96. The molecule has 0 saturated carbocycles. The molecule has 2 N–H and O–H groups in total. The molecule has 0 fully saturated rings. The van der Waals surface area contributed by atoms with Crippen LogP contribution in [-0.2, 0) is 9.59 Å². The van der Waals surface area contributed by atoms with Gasteiger partial charge in [-0.15, -0.1) is 11.8 Å². The third-order valence-corrected chi connectivity index (χ3v) is 4.40. The zero-order chi connectivity index (χ0) is 16.7. The van der Waals surface area contributed by atoms with Crippen molar-refractivity contribution in [2.75, 3.05) is 16.4 Å². The Morgan fingerprint density at radius 3 is 2.26 bits per heavy atom. The van der Waals surface area contributed by atoms with Crippen LogP contribution in [0.5, 0.6) is 0 Å². The molecule has 0 aromatic heterocycles. The molecule has 6 heteroatoms. The molecule has 0 aliphatic rings. The molecule has 0 heterocycles. The van der Waals surface area contributed by atoms with Crippen LogP contribution in [0.3, 0.4) is 0 Å². The van der Waals surface area contributed by atoms with Crippen LogP contribution in [0.1, 0.15) is 6.92 Å². The quantitative estimate of drug-likeness (QED) is 0.828. The predicted molar refractivity (Wildman–Crippen MR) is 97.1 cm³/mol. The average molecular weight is 349 g/mol. The van der Waals surface area contributed by atoms with Crippen LogP contribution in [0.4, 0.5) is 11.4 Å². The molecule has 4 nitrogen and oxygen atoms in total. The van der Waals surface area contributed by atoms with Gasteiger partial charge in [-0.3, -0.25) is 9.59 Å². The third-order valence-electron chi connectivity index (χ3n) is 3.00. The van der Waals surface area contributed by atoms with Crippen molar-refractivity contribution in [1.29, 1.82) is 0 Å². The molecule has 120 valence electrons. The van der Waals surface area contributed by atoms with Crippen LogP contribution in [0, 0.1) is 0 Å². The van der Waals surface area contributed by atoms with E-state index in [9.17, 15) is 9.59 Å². The van der Waals surface area contributed by atoms with Crippen LogP contribution >= 0.6 is 23.4 Å². The highest BCUT2D eigenvalue weighted by Crippen LogP contribution is 2.16. The van der Waals surface area contributed by atoms with Gasteiger partial charge in [-0.05, 0) is 43.3 Å². The molecular weight excluding hydrogens is 332 g/mol. The topological polar surface area (TPSA) is 58.2 Å². The van der Waals surface area contributed by atoms with Gasteiger partial charge < -0.3 is 10.6 Å². The summed E-state index contributed by atoms with van der Waals surface area (Å²) in [4.78, 5) is 23.9. The van der Waals surface area contributed by atoms with Crippen LogP contribution in [0.25, 0.3) is 0 Å². The van der Waals surface area contributed by atoms with Crippen molar-refractivity contribution in [1.82, 2.24) is 0 Å². The highest BCUT2D eigenvalue weighted by molar-refractivity contribution is 8.01. The standard InChI is InChI=1S/C17H17ClN2O2S/c1-12(17(22)20-14-5-3-2-4-6-14)23-11-16(21)19-15-9-7-13(18)8-10-15/h2-10,12H,11H2,1H3,(H,19,21)(H,20,22)/t12-/m1/s1. The minimum absolute atomic E-state index is 0.125. The Balaban J connectivity index is 1.76. The minimum atomic E-state index is -0.328. The van der Waals surface area contributed by atoms with E-state index >= 15 is 0 Å². The van der Waals surface area contributed by atoms with E-state index in [-0.39, 0.29) is 22.8 Å². The Kier molecular flexibility index (Phi) is 6.50. The average Bonchev–Trinajstić information content (AvgIpc) is 2.55. The molecule has 0 unspecified atom stereocenters. The lowest BCUT2D eigenvalue weighted by molar-refractivity contribution is -0.115. The van der Waals surface area contributed by atoms with Crippen molar-refractivity contribution in [3.63, 3.8) is 0 Å².